The molecule has 4 heteroatoms. The molecule has 1 aromatic heterocycles. The standard InChI is InChI=1S/C14H23BrN2S/c1-3-16-9-11-6-4-5-7-17(2)14(11)12-8-13(15)18-10-12/h8,10-11,14,16H,3-7,9H2,1-2H3. The van der Waals surface area contributed by atoms with Crippen molar-refractivity contribution in [1.82, 2.24) is 10.2 Å². The second-order valence-corrected chi connectivity index (χ2v) is 7.46. The summed E-state index contributed by atoms with van der Waals surface area (Å²) in [5.74, 6) is 0.735. The third-order valence-electron chi connectivity index (χ3n) is 3.84. The Hall–Kier alpha value is 0.100. The zero-order valence-corrected chi connectivity index (χ0v) is 13.7. The summed E-state index contributed by atoms with van der Waals surface area (Å²) in [6.07, 6.45) is 4.04. The Morgan fingerprint density at radius 1 is 1.50 bits per heavy atom. The molecule has 0 bridgehead atoms. The van der Waals surface area contributed by atoms with Crippen molar-refractivity contribution in [2.75, 3.05) is 26.7 Å². The van der Waals surface area contributed by atoms with Gasteiger partial charge in [-0.05, 0) is 78.4 Å². The molecule has 1 N–H and O–H groups in total. The van der Waals surface area contributed by atoms with E-state index in [1.807, 2.05) is 0 Å². The van der Waals surface area contributed by atoms with Gasteiger partial charge in [-0.3, -0.25) is 4.90 Å². The largest absolute Gasteiger partial charge is 0.317 e. The second kappa shape index (κ2) is 7.04. The highest BCUT2D eigenvalue weighted by molar-refractivity contribution is 9.11. The Morgan fingerprint density at radius 3 is 3.00 bits per heavy atom. The number of hydrogen-bond acceptors (Lipinski definition) is 3. The van der Waals surface area contributed by atoms with Crippen molar-refractivity contribution in [2.24, 2.45) is 5.92 Å². The summed E-state index contributed by atoms with van der Waals surface area (Å²) in [6.45, 7) is 5.62. The maximum atomic E-state index is 3.60. The number of nitrogens with one attached hydrogen (secondary N) is 1. The number of likely N-dealkylation sites (tertiary alicyclic amines) is 1. The van der Waals surface area contributed by atoms with Crippen molar-refractivity contribution in [3.05, 3.63) is 20.8 Å². The predicted molar refractivity (Wildman–Crippen MR) is 83.3 cm³/mol. The summed E-state index contributed by atoms with van der Waals surface area (Å²) < 4.78 is 1.25. The Labute approximate surface area is 123 Å². The number of nitrogens with zero attached hydrogens (tertiary/aromatic N) is 1. The van der Waals surface area contributed by atoms with Gasteiger partial charge < -0.3 is 5.32 Å². The van der Waals surface area contributed by atoms with E-state index < -0.39 is 0 Å². The van der Waals surface area contributed by atoms with Crippen LogP contribution in [0.5, 0.6) is 0 Å². The quantitative estimate of drug-likeness (QED) is 0.900. The summed E-state index contributed by atoms with van der Waals surface area (Å²) >= 11 is 5.40. The summed E-state index contributed by atoms with van der Waals surface area (Å²) in [5, 5.41) is 5.85. The molecule has 1 aliphatic rings. The zero-order chi connectivity index (χ0) is 13.0. The van der Waals surface area contributed by atoms with Crippen LogP contribution in [-0.4, -0.2) is 31.6 Å². The minimum atomic E-state index is 0.578. The van der Waals surface area contributed by atoms with Crippen molar-refractivity contribution in [3.63, 3.8) is 0 Å². The van der Waals surface area contributed by atoms with Crippen LogP contribution in [0.4, 0.5) is 0 Å². The van der Waals surface area contributed by atoms with Gasteiger partial charge in [0.25, 0.3) is 0 Å². The van der Waals surface area contributed by atoms with E-state index in [1.165, 1.54) is 35.2 Å². The van der Waals surface area contributed by atoms with Crippen LogP contribution >= 0.6 is 27.3 Å². The second-order valence-electron chi connectivity index (χ2n) is 5.17. The summed E-state index contributed by atoms with van der Waals surface area (Å²) in [7, 11) is 2.28. The van der Waals surface area contributed by atoms with Crippen LogP contribution in [0.3, 0.4) is 0 Å². The molecule has 102 valence electrons. The monoisotopic (exact) mass is 330 g/mol. The van der Waals surface area contributed by atoms with Gasteiger partial charge in [0, 0.05) is 6.04 Å². The molecule has 2 unspecified atom stereocenters. The van der Waals surface area contributed by atoms with Crippen molar-refractivity contribution < 1.29 is 0 Å². The van der Waals surface area contributed by atoms with E-state index in [-0.39, 0.29) is 0 Å². The third-order valence-corrected chi connectivity index (χ3v) is 5.37. The fourth-order valence-corrected chi connectivity index (χ4v) is 4.18. The van der Waals surface area contributed by atoms with Gasteiger partial charge in [-0.15, -0.1) is 11.3 Å². The number of hydrogen-bond donors (Lipinski definition) is 1. The van der Waals surface area contributed by atoms with Gasteiger partial charge >= 0.3 is 0 Å². The molecule has 2 rings (SSSR count). The maximum Gasteiger partial charge on any atom is 0.0701 e. The summed E-state index contributed by atoms with van der Waals surface area (Å²) in [5.41, 5.74) is 1.49. The topological polar surface area (TPSA) is 15.3 Å². The van der Waals surface area contributed by atoms with Crippen LogP contribution in [0.2, 0.25) is 0 Å². The molecule has 0 aliphatic carbocycles. The van der Waals surface area contributed by atoms with Gasteiger partial charge in [0.05, 0.1) is 3.79 Å². The lowest BCUT2D eigenvalue weighted by Gasteiger charge is -2.32. The van der Waals surface area contributed by atoms with E-state index in [9.17, 15) is 0 Å². The molecule has 1 saturated heterocycles. The molecule has 18 heavy (non-hydrogen) atoms. The van der Waals surface area contributed by atoms with Gasteiger partial charge in [-0.1, -0.05) is 13.3 Å². The van der Waals surface area contributed by atoms with E-state index in [0.717, 1.165) is 19.0 Å². The Kier molecular flexibility index (Phi) is 5.67. The Morgan fingerprint density at radius 2 is 2.33 bits per heavy atom. The Balaban J connectivity index is 2.17. The van der Waals surface area contributed by atoms with Gasteiger partial charge in [0.15, 0.2) is 0 Å². The van der Waals surface area contributed by atoms with Crippen molar-refractivity contribution in [3.8, 4) is 0 Å². The van der Waals surface area contributed by atoms with Gasteiger partial charge in [0.2, 0.25) is 0 Å². The van der Waals surface area contributed by atoms with Crippen LogP contribution in [0, 0.1) is 5.92 Å². The van der Waals surface area contributed by atoms with Crippen molar-refractivity contribution >= 4 is 27.3 Å². The highest BCUT2D eigenvalue weighted by atomic mass is 79.9. The van der Waals surface area contributed by atoms with Crippen molar-refractivity contribution in [1.29, 1.82) is 0 Å². The molecule has 0 radical (unpaired) electrons. The van der Waals surface area contributed by atoms with E-state index in [1.54, 1.807) is 11.3 Å². The molecule has 2 nitrogen and oxygen atoms in total. The van der Waals surface area contributed by atoms with Crippen LogP contribution in [0.25, 0.3) is 0 Å². The highest BCUT2D eigenvalue weighted by Crippen LogP contribution is 2.37. The summed E-state index contributed by atoms with van der Waals surface area (Å²) in [4.78, 5) is 2.55. The van der Waals surface area contributed by atoms with Crippen molar-refractivity contribution in [2.45, 2.75) is 32.2 Å². The van der Waals surface area contributed by atoms with E-state index in [2.05, 4.69) is 51.6 Å². The Bertz CT molecular complexity index is 366. The van der Waals surface area contributed by atoms with E-state index in [4.69, 9.17) is 0 Å². The minimum absolute atomic E-state index is 0.578. The average molecular weight is 331 g/mol. The van der Waals surface area contributed by atoms with E-state index in [0.29, 0.717) is 6.04 Å². The zero-order valence-electron chi connectivity index (χ0n) is 11.3. The van der Waals surface area contributed by atoms with Gasteiger partial charge in [-0.2, -0.15) is 0 Å². The average Bonchev–Trinajstić information content (AvgIpc) is 2.68. The molecule has 0 amide bonds. The first-order valence-electron chi connectivity index (χ1n) is 6.87. The fourth-order valence-electron chi connectivity index (χ4n) is 2.97. The molecule has 0 spiro atoms. The molecule has 1 fully saturated rings. The smallest absolute Gasteiger partial charge is 0.0701 e. The molecule has 2 heterocycles. The highest BCUT2D eigenvalue weighted by Gasteiger charge is 2.29. The van der Waals surface area contributed by atoms with Crippen LogP contribution in [0.1, 0.15) is 37.8 Å². The first-order valence-corrected chi connectivity index (χ1v) is 8.54. The number of thiophene rings is 1. The normalized spacial score (nSPS) is 26.2. The first kappa shape index (κ1) is 14.5. The molecule has 1 aliphatic heterocycles. The molecule has 2 atom stereocenters. The predicted octanol–water partition coefficient (Wildman–Crippen LogP) is 3.89. The molecule has 0 saturated carbocycles. The molecular weight excluding hydrogens is 308 g/mol. The van der Waals surface area contributed by atoms with Crippen LogP contribution in [-0.2, 0) is 0 Å². The maximum absolute atomic E-state index is 3.60. The third kappa shape index (κ3) is 3.56. The summed E-state index contributed by atoms with van der Waals surface area (Å²) in [6, 6.07) is 2.88. The lowest BCUT2D eigenvalue weighted by Crippen LogP contribution is -2.34. The SMILES string of the molecule is CCNCC1CCCCN(C)C1c1csc(Br)c1. The minimum Gasteiger partial charge on any atom is -0.317 e. The lowest BCUT2D eigenvalue weighted by molar-refractivity contribution is 0.190. The number of halogens is 1. The fraction of sp³-hybridized carbons (Fsp3) is 0.714. The van der Waals surface area contributed by atoms with Gasteiger partial charge in [-0.25, -0.2) is 0 Å². The number of rotatable bonds is 4. The van der Waals surface area contributed by atoms with Crippen LogP contribution in [0.15, 0.2) is 15.2 Å². The van der Waals surface area contributed by atoms with Gasteiger partial charge in [0.1, 0.15) is 0 Å². The van der Waals surface area contributed by atoms with E-state index >= 15 is 0 Å². The lowest BCUT2D eigenvalue weighted by atomic mass is 9.90. The first-order chi connectivity index (χ1) is 8.72. The molecule has 1 aromatic rings. The molecule has 0 aromatic carbocycles. The van der Waals surface area contributed by atoms with Crippen LogP contribution < -0.4 is 5.32 Å². The molecular formula is C14H23BrN2S.